The van der Waals surface area contributed by atoms with E-state index in [-0.39, 0.29) is 60.9 Å². The molecule has 334 valence electrons. The van der Waals surface area contributed by atoms with Crippen molar-refractivity contribution < 1.29 is 53.3 Å². The van der Waals surface area contributed by atoms with Crippen molar-refractivity contribution >= 4 is 64.2 Å². The van der Waals surface area contributed by atoms with Gasteiger partial charge in [-0.1, -0.05) is 6.92 Å². The molecule has 0 spiro atoms. The zero-order valence-electron chi connectivity index (χ0n) is 34.0. The molecule has 3 aliphatic rings. The van der Waals surface area contributed by atoms with Gasteiger partial charge in [0.05, 0.1) is 51.1 Å². The predicted molar refractivity (Wildman–Crippen MR) is 226 cm³/mol. The quantitative estimate of drug-likeness (QED) is 0.0410. The number of thioether (sulfide) groups is 1. The topological polar surface area (TPSA) is 277 Å². The second kappa shape index (κ2) is 19.2. The van der Waals surface area contributed by atoms with Crippen molar-refractivity contribution in [2.24, 2.45) is 11.8 Å². The van der Waals surface area contributed by atoms with Crippen molar-refractivity contribution in [1.82, 2.24) is 20.1 Å². The number of esters is 1. The number of carbonyl (C=O) groups is 4. The number of alkyl carbamates (subject to hydrolysis) is 1. The molecule has 3 aromatic carbocycles. The van der Waals surface area contributed by atoms with Crippen molar-refractivity contribution in [3.8, 4) is 0 Å². The molecule has 0 bridgehead atoms. The first-order valence-corrected chi connectivity index (χ1v) is 21.4. The number of carbonyl (C=O) groups excluding carboxylic acids is 4. The van der Waals surface area contributed by atoms with Crippen molar-refractivity contribution in [3.05, 3.63) is 147 Å². The Morgan fingerprint density at radius 1 is 0.859 bits per heavy atom. The Labute approximate surface area is 371 Å². The second-order valence-electron chi connectivity index (χ2n) is 15.1. The number of benzene rings is 3. The highest BCUT2D eigenvalue weighted by atomic mass is 32.2. The lowest BCUT2D eigenvalue weighted by Crippen LogP contribution is -2.63. The zero-order valence-corrected chi connectivity index (χ0v) is 35.6. The third-order valence-electron chi connectivity index (χ3n) is 10.9. The molecule has 0 aliphatic carbocycles. The number of aliphatic hydroxyl groups excluding tert-OH is 1. The number of nitro groups is 3. The Morgan fingerprint density at radius 3 is 1.89 bits per heavy atom. The van der Waals surface area contributed by atoms with Gasteiger partial charge in [-0.05, 0) is 66.4 Å². The van der Waals surface area contributed by atoms with Gasteiger partial charge in [0.15, 0.2) is 0 Å². The number of nitro benzene ring substituents is 3. The number of thiazole rings is 1. The number of β-lactam (4-membered cyclic amide) rings is 1. The fourth-order valence-corrected chi connectivity index (χ4v) is 10.0. The Kier molecular flexibility index (Phi) is 13.5. The van der Waals surface area contributed by atoms with Crippen LogP contribution >= 0.6 is 23.1 Å². The van der Waals surface area contributed by atoms with E-state index in [0.29, 0.717) is 38.7 Å². The van der Waals surface area contributed by atoms with Gasteiger partial charge in [0.1, 0.15) is 30.5 Å². The highest BCUT2D eigenvalue weighted by molar-refractivity contribution is 8.03. The fraction of sp³-hybridized carbons (Fsp3) is 0.341. The van der Waals surface area contributed by atoms with E-state index in [0.717, 1.165) is 0 Å². The first-order valence-electron chi connectivity index (χ1n) is 19.7. The van der Waals surface area contributed by atoms with Crippen LogP contribution in [0.4, 0.5) is 26.7 Å². The predicted octanol–water partition coefficient (Wildman–Crippen LogP) is 6.29. The summed E-state index contributed by atoms with van der Waals surface area (Å²) in [5, 5.41) is 48.2. The van der Waals surface area contributed by atoms with Crippen molar-refractivity contribution in [2.45, 2.75) is 70.1 Å². The molecule has 0 radical (unpaired) electrons. The molecule has 3 aliphatic heterocycles. The molecule has 2 N–H and O–H groups in total. The van der Waals surface area contributed by atoms with Gasteiger partial charge in [-0.2, -0.15) is 0 Å². The number of likely N-dealkylation sites (tertiary alicyclic amines) is 1. The molecule has 0 saturated carbocycles. The number of aromatic nitrogens is 1. The minimum Gasteiger partial charge on any atom is -0.456 e. The molecule has 3 amide bonds. The molecule has 4 aromatic rings. The van der Waals surface area contributed by atoms with Crippen LogP contribution in [0, 0.1) is 42.2 Å². The van der Waals surface area contributed by atoms with Crippen LogP contribution in [0.15, 0.2) is 88.8 Å². The van der Waals surface area contributed by atoms with E-state index in [1.807, 2.05) is 6.92 Å². The van der Waals surface area contributed by atoms with Crippen LogP contribution in [0.1, 0.15) is 53.7 Å². The van der Waals surface area contributed by atoms with Crippen LogP contribution in [0.25, 0.3) is 0 Å². The second-order valence-corrected chi connectivity index (χ2v) is 17.4. The van der Waals surface area contributed by atoms with Crippen molar-refractivity contribution in [3.63, 3.8) is 0 Å². The standard InChI is InChI=1S/C41H39N7O14S2/c1-22-35-34(23(2)49)38(50)45(35)36(39(51)60-18-24-3-9-27(10-4-24)46(54)55)37(22)64-30-15-32(44(17-30)41(53)62-20-26-7-13-29(14-8-26)48(58)59)31-21-63-33(43-31)16-42-40(52)61-19-25-5-11-28(12-6-25)47(56)57/h3-14,21-23,30,32,34-35,49H,15-20H2,1-2H3,(H,42,52)/t22-,23-,30+,32+,34-,35-/m1/s1. The molecule has 2 saturated heterocycles. The molecule has 0 unspecified atom stereocenters. The molecule has 21 nitrogen and oxygen atoms in total. The highest BCUT2D eigenvalue weighted by Gasteiger charge is 2.60. The molecular weight excluding hydrogens is 879 g/mol. The number of fused-ring (bicyclic) bond motifs is 1. The van der Waals surface area contributed by atoms with Gasteiger partial charge < -0.3 is 29.5 Å². The van der Waals surface area contributed by atoms with Gasteiger partial charge in [-0.3, -0.25) is 40.0 Å². The van der Waals surface area contributed by atoms with E-state index < -0.39 is 68.9 Å². The van der Waals surface area contributed by atoms with Crippen LogP contribution in [-0.2, 0) is 50.2 Å². The minimum absolute atomic E-state index is 0.0181. The third-order valence-corrected chi connectivity index (χ3v) is 13.3. The normalized spacial score (nSPS) is 20.5. The van der Waals surface area contributed by atoms with E-state index in [1.54, 1.807) is 5.38 Å². The maximum absolute atomic E-state index is 13.9. The fourth-order valence-electron chi connectivity index (χ4n) is 7.71. The Morgan fingerprint density at radius 2 is 1.38 bits per heavy atom. The van der Waals surface area contributed by atoms with Crippen molar-refractivity contribution in [2.75, 3.05) is 6.54 Å². The average molecular weight is 918 g/mol. The number of nitrogens with zero attached hydrogens (tertiary/aromatic N) is 6. The van der Waals surface area contributed by atoms with Gasteiger partial charge in [-0.25, -0.2) is 19.4 Å². The molecular formula is C41H39N7O14S2. The maximum Gasteiger partial charge on any atom is 0.410 e. The molecule has 1 aromatic heterocycles. The number of ether oxygens (including phenoxy) is 3. The van der Waals surface area contributed by atoms with Crippen LogP contribution in [-0.4, -0.2) is 82.7 Å². The summed E-state index contributed by atoms with van der Waals surface area (Å²) in [5.41, 5.74) is 1.67. The minimum atomic E-state index is -1.000. The molecule has 2 fully saturated rings. The average Bonchev–Trinajstić information content (AvgIpc) is 3.99. The van der Waals surface area contributed by atoms with E-state index in [2.05, 4.69) is 5.32 Å². The smallest absolute Gasteiger partial charge is 0.410 e. The molecule has 4 heterocycles. The highest BCUT2D eigenvalue weighted by Crippen LogP contribution is 2.53. The Hall–Kier alpha value is -6.98. The summed E-state index contributed by atoms with van der Waals surface area (Å²) in [7, 11) is 0. The van der Waals surface area contributed by atoms with Gasteiger partial charge in [0, 0.05) is 64.4 Å². The molecule has 7 rings (SSSR count). The summed E-state index contributed by atoms with van der Waals surface area (Å²) >= 11 is 2.52. The van der Waals surface area contributed by atoms with Crippen LogP contribution in [0.3, 0.4) is 0 Å². The Bertz CT molecular complexity index is 2500. The number of amides is 3. The Balaban J connectivity index is 1.08. The summed E-state index contributed by atoms with van der Waals surface area (Å²) in [6, 6.07) is 15.4. The molecule has 64 heavy (non-hydrogen) atoms. The monoisotopic (exact) mass is 917 g/mol. The number of aliphatic hydroxyl groups is 1. The first kappa shape index (κ1) is 45.1. The zero-order chi connectivity index (χ0) is 45.8. The summed E-state index contributed by atoms with van der Waals surface area (Å²) in [6.07, 6.45) is -2.16. The lowest BCUT2D eigenvalue weighted by Gasteiger charge is -2.46. The summed E-state index contributed by atoms with van der Waals surface area (Å²) in [6.45, 7) is 2.87. The molecule has 6 atom stereocenters. The lowest BCUT2D eigenvalue weighted by atomic mass is 9.79. The van der Waals surface area contributed by atoms with Crippen LogP contribution in [0.5, 0.6) is 0 Å². The number of rotatable bonds is 16. The molecule has 23 heteroatoms. The van der Waals surface area contributed by atoms with E-state index in [9.17, 15) is 54.6 Å². The summed E-state index contributed by atoms with van der Waals surface area (Å²) < 4.78 is 16.6. The maximum atomic E-state index is 13.9. The van der Waals surface area contributed by atoms with Crippen molar-refractivity contribution in [1.29, 1.82) is 0 Å². The van der Waals surface area contributed by atoms with E-state index in [4.69, 9.17) is 19.2 Å². The largest absolute Gasteiger partial charge is 0.456 e. The number of nitrogens with one attached hydrogen (secondary N) is 1. The van der Waals surface area contributed by atoms with Gasteiger partial charge in [0.25, 0.3) is 17.1 Å². The number of non-ortho nitro benzene ring substituents is 3. The summed E-state index contributed by atoms with van der Waals surface area (Å²) in [5.74, 6) is -2.42. The van der Waals surface area contributed by atoms with Gasteiger partial charge >= 0.3 is 18.2 Å². The first-order chi connectivity index (χ1) is 30.6. The van der Waals surface area contributed by atoms with Crippen LogP contribution < -0.4 is 5.32 Å². The lowest BCUT2D eigenvalue weighted by molar-refractivity contribution is -0.385. The summed E-state index contributed by atoms with van der Waals surface area (Å²) in [4.78, 5) is 93.3. The van der Waals surface area contributed by atoms with Crippen LogP contribution in [0.2, 0.25) is 0 Å². The van der Waals surface area contributed by atoms with E-state index in [1.165, 1.54) is 113 Å². The third kappa shape index (κ3) is 9.80. The van der Waals surface area contributed by atoms with Gasteiger partial charge in [0.2, 0.25) is 5.91 Å². The van der Waals surface area contributed by atoms with Gasteiger partial charge in [-0.15, -0.1) is 23.1 Å². The number of hydrogen-bond acceptors (Lipinski definition) is 17. The SMILES string of the molecule is C[C@@H](O)[C@H]1C(=O)N2C(C(=O)OCc3ccc([N+](=O)[O-])cc3)=C(S[C@H]3C[C@@H](c4csc(CNC(=O)OCc5ccc([N+](=O)[O-])cc5)n4)N(C(=O)OCc4ccc([N+](=O)[O-])cc4)C3)[C@H](C)[C@H]12. The number of hydrogen-bond donors (Lipinski definition) is 2. The van der Waals surface area contributed by atoms with E-state index >= 15 is 0 Å².